The molecule has 1 amide bonds. The molecule has 2 saturated heterocycles. The number of ether oxygens (including phenoxy) is 3. The topological polar surface area (TPSA) is 147 Å². The van der Waals surface area contributed by atoms with Crippen LogP contribution in [0, 0.1) is 16.6 Å². The first kappa shape index (κ1) is 31.1. The van der Waals surface area contributed by atoms with E-state index in [0.29, 0.717) is 30.2 Å². The molecule has 0 aromatic heterocycles. The average Bonchev–Trinajstić information content (AvgIpc) is 3.48. The van der Waals surface area contributed by atoms with Crippen molar-refractivity contribution in [2.75, 3.05) is 32.0 Å². The van der Waals surface area contributed by atoms with Gasteiger partial charge in [0.1, 0.15) is 16.0 Å². The predicted octanol–water partition coefficient (Wildman–Crippen LogP) is 4.07. The number of aliphatic hydroxyl groups excluding tert-OH is 1. The van der Waals surface area contributed by atoms with Gasteiger partial charge in [-0.2, -0.15) is 0 Å². The minimum absolute atomic E-state index is 0.00521. The number of amides is 1. The number of carbonyl (C=O) groups excluding carboxylic acids is 1. The molecule has 1 aromatic rings. The molecule has 0 radical (unpaired) electrons. The Balaban J connectivity index is 1.78. The number of aliphatic hydroxyl groups is 1. The molecule has 0 bridgehead atoms. The highest BCUT2D eigenvalue weighted by Gasteiger charge is 2.44. The number of nitrogen functional groups attached to an aromatic ring is 1. The number of fused-ring (bicyclic) bond motifs is 1. The van der Waals surface area contributed by atoms with E-state index in [1.165, 1.54) is 4.31 Å². The van der Waals surface area contributed by atoms with Gasteiger partial charge in [0.25, 0.3) is 0 Å². The summed E-state index contributed by atoms with van der Waals surface area (Å²) >= 11 is 0. The average molecular weight is 565 g/mol. The van der Waals surface area contributed by atoms with Crippen molar-refractivity contribution in [3.8, 4) is 0 Å². The zero-order valence-electron chi connectivity index (χ0n) is 23.4. The second kappa shape index (κ2) is 14.3. The van der Waals surface area contributed by atoms with Gasteiger partial charge >= 0.3 is 6.09 Å². The highest BCUT2D eigenvalue weighted by molar-refractivity contribution is 7.90. The summed E-state index contributed by atoms with van der Waals surface area (Å²) in [6, 6.07) is 5.64. The normalized spacial score (nSPS) is 24.6. The summed E-state index contributed by atoms with van der Waals surface area (Å²) in [7, 11) is -3.43. The molecule has 2 aliphatic heterocycles. The summed E-state index contributed by atoms with van der Waals surface area (Å²) in [4.78, 5) is 13.3. The lowest BCUT2D eigenvalue weighted by atomic mass is 10.0. The lowest BCUT2D eigenvalue weighted by molar-refractivity contribution is -0.0907. The Morgan fingerprint density at radius 1 is 1.31 bits per heavy atom. The molecular weight excluding hydrogens is 520 g/mol. The van der Waals surface area contributed by atoms with Crippen molar-refractivity contribution in [2.24, 2.45) is 11.8 Å². The molecule has 11 heteroatoms. The summed E-state index contributed by atoms with van der Waals surface area (Å²) in [5, 5.41) is 14.2. The SMILES string of the molecule is CC/C=C\C=C(/C)C[C@H](NC(=O)O[C@H]1CO[C@H]2OCCC21)[C@H](O)CN(CC(C)C)S(=N)(=O)c1ccc(N)cc1. The Morgan fingerprint density at radius 2 is 2.03 bits per heavy atom. The van der Waals surface area contributed by atoms with E-state index in [0.717, 1.165) is 18.4 Å². The van der Waals surface area contributed by atoms with Crippen LogP contribution in [0.25, 0.3) is 0 Å². The van der Waals surface area contributed by atoms with Crippen molar-refractivity contribution < 1.29 is 28.3 Å². The van der Waals surface area contributed by atoms with E-state index in [4.69, 9.17) is 24.7 Å². The van der Waals surface area contributed by atoms with E-state index < -0.39 is 34.3 Å². The van der Waals surface area contributed by atoms with Crippen molar-refractivity contribution in [1.29, 1.82) is 4.78 Å². The molecular formula is C28H44N4O6S. The quantitative estimate of drug-likeness (QED) is 0.209. The van der Waals surface area contributed by atoms with E-state index >= 15 is 0 Å². The Bertz CT molecular complexity index is 1110. The second-order valence-electron chi connectivity index (χ2n) is 10.7. The highest BCUT2D eigenvalue weighted by atomic mass is 32.2. The van der Waals surface area contributed by atoms with Crippen LogP contribution >= 0.6 is 0 Å². The van der Waals surface area contributed by atoms with Gasteiger partial charge < -0.3 is 30.4 Å². The van der Waals surface area contributed by atoms with Gasteiger partial charge in [-0.05, 0) is 56.4 Å². The molecule has 1 aromatic carbocycles. The Morgan fingerprint density at radius 3 is 2.69 bits per heavy atom. The van der Waals surface area contributed by atoms with Gasteiger partial charge in [-0.3, -0.25) is 0 Å². The number of rotatable bonds is 13. The van der Waals surface area contributed by atoms with Gasteiger partial charge in [0.15, 0.2) is 6.29 Å². The molecule has 10 nitrogen and oxygen atoms in total. The number of nitrogens with two attached hydrogens (primary N) is 1. The maximum absolute atomic E-state index is 13.7. The van der Waals surface area contributed by atoms with Gasteiger partial charge in [-0.1, -0.05) is 44.6 Å². The maximum atomic E-state index is 13.7. The summed E-state index contributed by atoms with van der Waals surface area (Å²) < 4.78 is 40.8. The van der Waals surface area contributed by atoms with Crippen molar-refractivity contribution in [3.05, 3.63) is 48.1 Å². The summed E-state index contributed by atoms with van der Waals surface area (Å²) in [6.07, 6.45) is 5.34. The van der Waals surface area contributed by atoms with Gasteiger partial charge in [-0.25, -0.2) is 18.1 Å². The van der Waals surface area contributed by atoms with E-state index in [1.54, 1.807) is 24.3 Å². The van der Waals surface area contributed by atoms with E-state index in [9.17, 15) is 14.1 Å². The van der Waals surface area contributed by atoms with Crippen LogP contribution in [-0.2, 0) is 24.1 Å². The Hall–Kier alpha value is -2.44. The molecule has 0 saturated carbocycles. The van der Waals surface area contributed by atoms with Crippen molar-refractivity contribution in [1.82, 2.24) is 9.62 Å². The molecule has 218 valence electrons. The highest BCUT2D eigenvalue weighted by Crippen LogP contribution is 2.33. The lowest BCUT2D eigenvalue weighted by Gasteiger charge is -2.32. The Labute approximate surface area is 232 Å². The van der Waals surface area contributed by atoms with Gasteiger partial charge in [0, 0.05) is 18.8 Å². The molecule has 6 atom stereocenters. The molecule has 2 heterocycles. The third-order valence-electron chi connectivity index (χ3n) is 6.83. The molecule has 0 spiro atoms. The number of nitrogens with zero attached hydrogens (tertiary/aromatic N) is 1. The fraction of sp³-hybridized carbons (Fsp3) is 0.607. The number of hydrogen-bond acceptors (Lipinski definition) is 8. The first-order valence-corrected chi connectivity index (χ1v) is 15.1. The van der Waals surface area contributed by atoms with Crippen LogP contribution in [0.4, 0.5) is 10.5 Å². The van der Waals surface area contributed by atoms with Crippen LogP contribution in [0.2, 0.25) is 0 Å². The summed E-state index contributed by atoms with van der Waals surface area (Å²) in [5.41, 5.74) is 7.24. The smallest absolute Gasteiger partial charge is 0.407 e. The molecule has 39 heavy (non-hydrogen) atoms. The van der Waals surface area contributed by atoms with Crippen LogP contribution in [0.15, 0.2) is 53.0 Å². The molecule has 2 unspecified atom stereocenters. The molecule has 0 aliphatic carbocycles. The van der Waals surface area contributed by atoms with Crippen LogP contribution in [-0.4, -0.2) is 70.6 Å². The number of allylic oxidation sites excluding steroid dienone is 3. The van der Waals surface area contributed by atoms with Crippen molar-refractivity contribution in [2.45, 2.75) is 76.4 Å². The number of alkyl carbamates (subject to hydrolysis) is 1. The van der Waals surface area contributed by atoms with E-state index in [-0.39, 0.29) is 31.3 Å². The van der Waals surface area contributed by atoms with E-state index in [2.05, 4.69) is 5.32 Å². The maximum Gasteiger partial charge on any atom is 0.407 e. The fourth-order valence-electron chi connectivity index (χ4n) is 4.77. The third kappa shape index (κ3) is 8.77. The second-order valence-corrected chi connectivity index (χ2v) is 12.7. The van der Waals surface area contributed by atoms with Crippen molar-refractivity contribution >= 4 is 21.7 Å². The third-order valence-corrected chi connectivity index (χ3v) is 8.76. The first-order chi connectivity index (χ1) is 18.5. The Kier molecular flexibility index (Phi) is 11.4. The minimum Gasteiger partial charge on any atom is -0.443 e. The lowest BCUT2D eigenvalue weighted by Crippen LogP contribution is -2.50. The molecule has 5 N–H and O–H groups in total. The van der Waals surface area contributed by atoms with Gasteiger partial charge in [0.05, 0.1) is 36.2 Å². The summed E-state index contributed by atoms with van der Waals surface area (Å²) in [5.74, 6) is 0.0765. The van der Waals surface area contributed by atoms with Gasteiger partial charge in [-0.15, -0.1) is 0 Å². The molecule has 2 fully saturated rings. The molecule has 2 aliphatic rings. The number of carbonyl (C=O) groups is 1. The van der Waals surface area contributed by atoms with Crippen LogP contribution in [0.3, 0.4) is 0 Å². The summed E-state index contributed by atoms with van der Waals surface area (Å²) in [6.45, 7) is 8.95. The first-order valence-electron chi connectivity index (χ1n) is 13.6. The number of nitrogens with one attached hydrogen (secondary N) is 2. The number of benzene rings is 1. The van der Waals surface area contributed by atoms with Crippen LogP contribution in [0.1, 0.15) is 47.0 Å². The van der Waals surface area contributed by atoms with E-state index in [1.807, 2.05) is 45.9 Å². The van der Waals surface area contributed by atoms with Crippen LogP contribution < -0.4 is 11.1 Å². The predicted molar refractivity (Wildman–Crippen MR) is 151 cm³/mol. The van der Waals surface area contributed by atoms with Crippen LogP contribution in [0.5, 0.6) is 0 Å². The fourth-order valence-corrected chi connectivity index (χ4v) is 6.44. The standard InChI is InChI=1S/C28H44N4O6S/c1-5-6-7-8-20(4)15-24(31-28(34)38-26-18-37-27-23(26)13-14-36-27)25(33)17-32(16-19(2)3)39(30,35)22-11-9-21(29)10-12-22/h6-12,19,23-27,30,33H,5,13-18,29H2,1-4H3,(H,31,34)/b7-6-,20-8+/t23?,24-,25+,26-,27+,39?/m0/s1. The molecule has 3 rings (SSSR count). The largest absolute Gasteiger partial charge is 0.443 e. The zero-order chi connectivity index (χ0) is 28.6. The monoisotopic (exact) mass is 564 g/mol. The minimum atomic E-state index is -3.43. The van der Waals surface area contributed by atoms with Crippen molar-refractivity contribution in [3.63, 3.8) is 0 Å². The number of anilines is 1. The number of hydrogen-bond donors (Lipinski definition) is 4. The van der Waals surface area contributed by atoms with Gasteiger partial charge in [0.2, 0.25) is 0 Å². The zero-order valence-corrected chi connectivity index (χ0v) is 24.2.